The Balaban J connectivity index is 1.57. The summed E-state index contributed by atoms with van der Waals surface area (Å²) in [4.78, 5) is 0. The molecule has 0 aromatic carbocycles. The highest BCUT2D eigenvalue weighted by molar-refractivity contribution is 5.21. The lowest BCUT2D eigenvalue weighted by atomic mass is 9.72. The van der Waals surface area contributed by atoms with Crippen molar-refractivity contribution in [2.75, 3.05) is 0 Å². The molecule has 4 bridgehead atoms. The van der Waals surface area contributed by atoms with Gasteiger partial charge in [-0.1, -0.05) is 12.2 Å². The number of hydrogen-bond acceptors (Lipinski definition) is 1. The summed E-state index contributed by atoms with van der Waals surface area (Å²) in [5.41, 5.74) is 0.0398. The normalized spacial score (nSPS) is 54.6. The summed E-state index contributed by atoms with van der Waals surface area (Å²) >= 11 is 0. The molecule has 4 rings (SSSR count). The molecule has 0 aromatic rings. The van der Waals surface area contributed by atoms with Crippen LogP contribution >= 0.6 is 0 Å². The minimum atomic E-state index is 0.0398. The molecule has 3 fully saturated rings. The van der Waals surface area contributed by atoms with Crippen LogP contribution in [0.2, 0.25) is 0 Å². The predicted octanol–water partition coefficient (Wildman–Crippen LogP) is 3.65. The highest BCUT2D eigenvalue weighted by Gasteiger charge is 2.61. The lowest BCUT2D eigenvalue weighted by Gasteiger charge is -2.39. The average molecular weight is 232 g/mol. The summed E-state index contributed by atoms with van der Waals surface area (Å²) in [5.74, 6) is 5.73. The standard InChI is InChI=1S/C16H24O/c1-16(2,3)17-13-8-11-7-12(13)15-10-5-4-9(6-10)14(11)15/h4-5,9-15H,6-8H2,1-3H3. The largest absolute Gasteiger partial charge is 0.372 e. The molecule has 0 aliphatic heterocycles. The first-order valence-electron chi connectivity index (χ1n) is 7.39. The van der Waals surface area contributed by atoms with Gasteiger partial charge in [0.15, 0.2) is 0 Å². The molecule has 1 heteroatoms. The van der Waals surface area contributed by atoms with Crippen LogP contribution in [-0.4, -0.2) is 11.7 Å². The van der Waals surface area contributed by atoms with Gasteiger partial charge in [-0.2, -0.15) is 0 Å². The monoisotopic (exact) mass is 232 g/mol. The van der Waals surface area contributed by atoms with E-state index < -0.39 is 0 Å². The van der Waals surface area contributed by atoms with Crippen LogP contribution in [0.1, 0.15) is 40.0 Å². The summed E-state index contributed by atoms with van der Waals surface area (Å²) in [7, 11) is 0. The van der Waals surface area contributed by atoms with E-state index >= 15 is 0 Å². The first-order valence-corrected chi connectivity index (χ1v) is 7.39. The smallest absolute Gasteiger partial charge is 0.0616 e. The minimum Gasteiger partial charge on any atom is -0.372 e. The molecule has 7 unspecified atom stereocenters. The molecule has 7 atom stereocenters. The summed E-state index contributed by atoms with van der Waals surface area (Å²) in [6.07, 6.45) is 9.87. The van der Waals surface area contributed by atoms with Gasteiger partial charge in [0.05, 0.1) is 11.7 Å². The van der Waals surface area contributed by atoms with E-state index in [9.17, 15) is 0 Å². The van der Waals surface area contributed by atoms with Crippen molar-refractivity contribution in [3.05, 3.63) is 12.2 Å². The fourth-order valence-corrected chi connectivity index (χ4v) is 5.55. The van der Waals surface area contributed by atoms with Gasteiger partial charge in [0.25, 0.3) is 0 Å². The number of ether oxygens (including phenoxy) is 1. The third-order valence-corrected chi connectivity index (χ3v) is 5.71. The average Bonchev–Trinajstić information content (AvgIpc) is 2.91. The molecule has 1 nitrogen and oxygen atoms in total. The highest BCUT2D eigenvalue weighted by atomic mass is 16.5. The van der Waals surface area contributed by atoms with E-state index in [0.717, 1.165) is 35.5 Å². The lowest BCUT2D eigenvalue weighted by Crippen LogP contribution is -2.39. The topological polar surface area (TPSA) is 9.23 Å². The molecular weight excluding hydrogens is 208 g/mol. The summed E-state index contributed by atoms with van der Waals surface area (Å²) in [6, 6.07) is 0. The van der Waals surface area contributed by atoms with Crippen LogP contribution in [0.4, 0.5) is 0 Å². The van der Waals surface area contributed by atoms with Crippen LogP contribution in [0.3, 0.4) is 0 Å². The van der Waals surface area contributed by atoms with Crippen molar-refractivity contribution in [2.45, 2.75) is 51.7 Å². The highest BCUT2D eigenvalue weighted by Crippen LogP contribution is 2.66. The first-order chi connectivity index (χ1) is 8.03. The number of hydrogen-bond donors (Lipinski definition) is 0. The summed E-state index contributed by atoms with van der Waals surface area (Å²) < 4.78 is 6.32. The summed E-state index contributed by atoms with van der Waals surface area (Å²) in [6.45, 7) is 6.62. The molecule has 0 heterocycles. The van der Waals surface area contributed by atoms with Crippen LogP contribution in [0.25, 0.3) is 0 Å². The Bertz CT molecular complexity index is 364. The maximum absolute atomic E-state index is 6.32. The van der Waals surface area contributed by atoms with Crippen molar-refractivity contribution >= 4 is 0 Å². The molecule has 0 radical (unpaired) electrons. The minimum absolute atomic E-state index is 0.0398. The fourth-order valence-electron chi connectivity index (χ4n) is 5.55. The van der Waals surface area contributed by atoms with Crippen molar-refractivity contribution in [3.63, 3.8) is 0 Å². The third-order valence-electron chi connectivity index (χ3n) is 5.71. The fraction of sp³-hybridized carbons (Fsp3) is 0.875. The Kier molecular flexibility index (Phi) is 1.98. The maximum atomic E-state index is 6.32. The van der Waals surface area contributed by atoms with Gasteiger partial charge >= 0.3 is 0 Å². The Morgan fingerprint density at radius 3 is 2.35 bits per heavy atom. The number of rotatable bonds is 1. The molecule has 0 aromatic heterocycles. The Hall–Kier alpha value is -0.300. The molecule has 94 valence electrons. The van der Waals surface area contributed by atoms with E-state index in [1.54, 1.807) is 0 Å². The SMILES string of the molecule is CC(C)(C)OC1CC2CC1C1C3C=CC(C3)C21. The van der Waals surface area contributed by atoms with Crippen LogP contribution in [0.15, 0.2) is 12.2 Å². The van der Waals surface area contributed by atoms with Crippen molar-refractivity contribution in [2.24, 2.45) is 35.5 Å². The molecule has 3 saturated carbocycles. The quantitative estimate of drug-likeness (QED) is 0.495. The molecule has 0 saturated heterocycles. The van der Waals surface area contributed by atoms with Crippen LogP contribution in [-0.2, 0) is 4.74 Å². The van der Waals surface area contributed by atoms with E-state index in [4.69, 9.17) is 4.74 Å². The third kappa shape index (κ3) is 1.41. The Morgan fingerprint density at radius 2 is 1.65 bits per heavy atom. The number of fused-ring (bicyclic) bond motifs is 9. The predicted molar refractivity (Wildman–Crippen MR) is 68.6 cm³/mol. The molecule has 4 aliphatic carbocycles. The first kappa shape index (κ1) is 10.6. The van der Waals surface area contributed by atoms with E-state index in [1.165, 1.54) is 19.3 Å². The Morgan fingerprint density at radius 1 is 0.941 bits per heavy atom. The molecule has 0 amide bonds. The van der Waals surface area contributed by atoms with Crippen molar-refractivity contribution in [1.82, 2.24) is 0 Å². The molecular formula is C16H24O. The Labute approximate surface area is 105 Å². The van der Waals surface area contributed by atoms with Gasteiger partial charge in [-0.05, 0) is 75.5 Å². The molecule has 17 heavy (non-hydrogen) atoms. The second kappa shape index (κ2) is 3.17. The van der Waals surface area contributed by atoms with Gasteiger partial charge in [-0.3, -0.25) is 0 Å². The zero-order valence-electron chi connectivity index (χ0n) is 11.2. The number of allylic oxidation sites excluding steroid dienone is 2. The van der Waals surface area contributed by atoms with E-state index in [-0.39, 0.29) is 5.60 Å². The van der Waals surface area contributed by atoms with Crippen LogP contribution in [0.5, 0.6) is 0 Å². The van der Waals surface area contributed by atoms with Gasteiger partial charge in [0.2, 0.25) is 0 Å². The second-order valence-corrected chi connectivity index (χ2v) is 7.77. The van der Waals surface area contributed by atoms with Gasteiger partial charge < -0.3 is 4.74 Å². The zero-order chi connectivity index (χ0) is 11.8. The van der Waals surface area contributed by atoms with Gasteiger partial charge in [0.1, 0.15) is 0 Å². The maximum Gasteiger partial charge on any atom is 0.0616 e. The molecule has 0 N–H and O–H groups in total. The molecule has 4 aliphatic rings. The second-order valence-electron chi connectivity index (χ2n) is 7.77. The van der Waals surface area contributed by atoms with Gasteiger partial charge in [-0.15, -0.1) is 0 Å². The van der Waals surface area contributed by atoms with E-state index in [0.29, 0.717) is 6.10 Å². The van der Waals surface area contributed by atoms with Gasteiger partial charge in [-0.25, -0.2) is 0 Å². The van der Waals surface area contributed by atoms with Gasteiger partial charge in [0, 0.05) is 0 Å². The molecule has 0 spiro atoms. The van der Waals surface area contributed by atoms with Crippen molar-refractivity contribution < 1.29 is 4.74 Å². The van der Waals surface area contributed by atoms with Crippen LogP contribution in [0, 0.1) is 35.5 Å². The lowest BCUT2D eigenvalue weighted by molar-refractivity contribution is -0.0994. The summed E-state index contributed by atoms with van der Waals surface area (Å²) in [5, 5.41) is 0. The zero-order valence-corrected chi connectivity index (χ0v) is 11.2. The van der Waals surface area contributed by atoms with Crippen LogP contribution < -0.4 is 0 Å². The van der Waals surface area contributed by atoms with Crippen molar-refractivity contribution in [1.29, 1.82) is 0 Å². The van der Waals surface area contributed by atoms with Crippen molar-refractivity contribution in [3.8, 4) is 0 Å². The van der Waals surface area contributed by atoms with E-state index in [1.807, 2.05) is 0 Å². The van der Waals surface area contributed by atoms with E-state index in [2.05, 4.69) is 32.9 Å².